The molecular formula is C28H36N8O11S2. The molecule has 3 aliphatic heterocycles. The van der Waals surface area contributed by atoms with Gasteiger partial charge in [-0.1, -0.05) is 5.16 Å². The van der Waals surface area contributed by atoms with Crippen molar-refractivity contribution in [3.63, 3.8) is 0 Å². The van der Waals surface area contributed by atoms with Crippen LogP contribution in [0.5, 0.6) is 5.75 Å². The van der Waals surface area contributed by atoms with E-state index in [9.17, 15) is 33.0 Å². The summed E-state index contributed by atoms with van der Waals surface area (Å²) >= 11 is 0.959. The zero-order valence-electron chi connectivity index (χ0n) is 26.5. The number of carboxylic acid groups (broad SMARTS) is 1. The van der Waals surface area contributed by atoms with Gasteiger partial charge < -0.3 is 41.9 Å². The van der Waals surface area contributed by atoms with E-state index in [4.69, 9.17) is 25.6 Å². The van der Waals surface area contributed by atoms with Gasteiger partial charge in [0.2, 0.25) is 0 Å². The lowest BCUT2D eigenvalue weighted by Crippen LogP contribution is -2.76. The number of amidine groups is 1. The summed E-state index contributed by atoms with van der Waals surface area (Å²) in [6.07, 6.45) is 0.103. The van der Waals surface area contributed by atoms with Crippen LogP contribution < -0.4 is 26.8 Å². The number of β-lactam (4-membered cyclic amide) rings is 1. The van der Waals surface area contributed by atoms with Gasteiger partial charge in [0.1, 0.15) is 23.3 Å². The highest BCUT2D eigenvalue weighted by Gasteiger charge is 2.58. The number of aryl methyl sites for hydroxylation is 1. The molecule has 0 bridgehead atoms. The number of carbonyl (C=O) groups excluding carboxylic acids is 2. The number of anilines is 1. The maximum atomic E-state index is 13.5. The fourth-order valence-electron chi connectivity index (χ4n) is 5.65. The molecule has 4 heterocycles. The number of aliphatic hydroxyl groups is 1. The fourth-order valence-corrected chi connectivity index (χ4v) is 6.65. The van der Waals surface area contributed by atoms with E-state index >= 15 is 0 Å². The van der Waals surface area contributed by atoms with Gasteiger partial charge in [0.25, 0.3) is 17.4 Å². The van der Waals surface area contributed by atoms with Crippen LogP contribution in [0.3, 0.4) is 0 Å². The number of hydroxylamine groups is 2. The standard InChI is InChI=1S/C28H36N8O11S2/c1-27(2)21(24(39)36(27)47-49(42,43)44)34-23(38)20(17-12-48-26(30)33-17)35-46-28(3,25(40)41)19-7-5-13-10-14(4-6-18(13)45-19)22-31-15(8-9-29)16(11-37)32-22/h4,6,10,12,15-16,19,21,37H,5,7-9,11,29H2,1-3H3,(H2,30,33)(H,31,32)(H,34,38)(H,40,41)(H,42,43,44)/b35-20-/t15-,16-,19+,21+,28-/m0/s1. The lowest BCUT2D eigenvalue weighted by atomic mass is 9.84. The Kier molecular flexibility index (Phi) is 9.87. The quantitative estimate of drug-likeness (QED) is 0.0561. The van der Waals surface area contributed by atoms with Gasteiger partial charge in [-0.3, -0.25) is 19.1 Å². The molecule has 5 atom stereocenters. The van der Waals surface area contributed by atoms with Crippen molar-refractivity contribution in [3.8, 4) is 5.75 Å². The summed E-state index contributed by atoms with van der Waals surface area (Å²) in [7, 11) is -5.03. The molecule has 0 radical (unpaired) electrons. The van der Waals surface area contributed by atoms with Gasteiger partial charge in [0, 0.05) is 10.9 Å². The highest BCUT2D eigenvalue weighted by atomic mass is 32.3. The number of carboxylic acids is 1. The molecule has 266 valence electrons. The lowest BCUT2D eigenvalue weighted by molar-refractivity contribution is -0.218. The van der Waals surface area contributed by atoms with E-state index in [1.165, 1.54) is 26.2 Å². The number of hydrogen-bond donors (Lipinski definition) is 7. The normalized spacial score (nSPS) is 24.4. The van der Waals surface area contributed by atoms with Crippen LogP contribution in [0.2, 0.25) is 0 Å². The van der Waals surface area contributed by atoms with Gasteiger partial charge in [-0.2, -0.15) is 13.5 Å². The molecule has 9 N–H and O–H groups in total. The molecule has 19 nitrogen and oxygen atoms in total. The third-order valence-electron chi connectivity index (χ3n) is 8.49. The topological polar surface area (TPSA) is 291 Å². The Balaban J connectivity index is 1.35. The number of thiazole rings is 1. The molecule has 0 aliphatic carbocycles. The zero-order valence-corrected chi connectivity index (χ0v) is 28.2. The molecule has 0 saturated carbocycles. The molecule has 49 heavy (non-hydrogen) atoms. The first-order valence-electron chi connectivity index (χ1n) is 15.0. The number of benzene rings is 1. The molecule has 1 aromatic carbocycles. The van der Waals surface area contributed by atoms with Gasteiger partial charge in [-0.25, -0.2) is 9.78 Å². The smallest absolute Gasteiger partial charge is 0.418 e. The number of ether oxygens (including phenoxy) is 1. The van der Waals surface area contributed by atoms with Crippen LogP contribution in [-0.4, -0.2) is 111 Å². The van der Waals surface area contributed by atoms with E-state index < -0.39 is 57.2 Å². The Morgan fingerprint density at radius 2 is 2.08 bits per heavy atom. The van der Waals surface area contributed by atoms with Crippen molar-refractivity contribution in [2.45, 2.75) is 75.4 Å². The maximum Gasteiger partial charge on any atom is 0.418 e. The van der Waals surface area contributed by atoms with Gasteiger partial charge in [0.05, 0.1) is 24.2 Å². The van der Waals surface area contributed by atoms with E-state index in [0.717, 1.165) is 22.5 Å². The molecule has 3 aliphatic rings. The number of nitrogens with two attached hydrogens (primary N) is 2. The minimum atomic E-state index is -5.03. The number of aliphatic hydroxyl groups excluding tert-OH is 1. The second-order valence-electron chi connectivity index (χ2n) is 12.2. The predicted molar refractivity (Wildman–Crippen MR) is 173 cm³/mol. The Bertz CT molecular complexity index is 1810. The molecule has 5 rings (SSSR count). The summed E-state index contributed by atoms with van der Waals surface area (Å²) in [4.78, 5) is 53.0. The number of hydrogen-bond acceptors (Lipinski definition) is 16. The van der Waals surface area contributed by atoms with E-state index in [1.807, 2.05) is 6.07 Å². The Hall–Kier alpha value is -4.41. The number of nitrogens with zero attached hydrogens (tertiary/aromatic N) is 4. The van der Waals surface area contributed by atoms with Crippen LogP contribution >= 0.6 is 11.3 Å². The molecule has 2 amide bonds. The highest BCUT2D eigenvalue weighted by molar-refractivity contribution is 7.80. The second kappa shape index (κ2) is 13.5. The highest BCUT2D eigenvalue weighted by Crippen LogP contribution is 2.36. The van der Waals surface area contributed by atoms with Gasteiger partial charge in [0.15, 0.2) is 16.9 Å². The van der Waals surface area contributed by atoms with Crippen molar-refractivity contribution >= 4 is 56.2 Å². The largest absolute Gasteiger partial charge is 0.485 e. The first kappa shape index (κ1) is 35.9. The van der Waals surface area contributed by atoms with Crippen LogP contribution in [0.1, 0.15) is 50.4 Å². The van der Waals surface area contributed by atoms with Crippen LogP contribution in [0, 0.1) is 0 Å². The third kappa shape index (κ3) is 7.16. The average molecular weight is 725 g/mol. The minimum Gasteiger partial charge on any atom is -0.485 e. The third-order valence-corrected chi connectivity index (χ3v) is 9.50. The molecule has 21 heteroatoms. The SMILES string of the molecule is CC1(C)[C@H](NC(=O)/C(=N\O[C@](C)(C(=O)O)[C@H]2CCc3cc(C4=N[C@@H](CCN)[C@H](CO)N4)ccc3O2)c2csc(N)n2)C(=O)N1OS(=O)(=O)O. The number of oxime groups is 1. The van der Waals surface area contributed by atoms with Crippen molar-refractivity contribution in [1.82, 2.24) is 20.7 Å². The van der Waals surface area contributed by atoms with Crippen molar-refractivity contribution in [2.75, 3.05) is 18.9 Å². The first-order valence-corrected chi connectivity index (χ1v) is 17.2. The van der Waals surface area contributed by atoms with Gasteiger partial charge in [-0.15, -0.1) is 15.6 Å². The number of fused-ring (bicyclic) bond motifs is 1. The van der Waals surface area contributed by atoms with Gasteiger partial charge >= 0.3 is 16.4 Å². The van der Waals surface area contributed by atoms with E-state index in [-0.39, 0.29) is 35.9 Å². The molecule has 0 unspecified atom stereocenters. The average Bonchev–Trinajstić information content (AvgIpc) is 3.67. The molecule has 1 fully saturated rings. The number of carbonyl (C=O) groups is 3. The van der Waals surface area contributed by atoms with Crippen molar-refractivity contribution in [2.24, 2.45) is 15.9 Å². The van der Waals surface area contributed by atoms with Crippen LogP contribution in [0.15, 0.2) is 33.7 Å². The minimum absolute atomic E-state index is 0.0522. The summed E-state index contributed by atoms with van der Waals surface area (Å²) in [6, 6.07) is 3.53. The van der Waals surface area contributed by atoms with Gasteiger partial charge in [-0.05, 0) is 70.3 Å². The number of nitrogen functional groups attached to an aromatic ring is 1. The van der Waals surface area contributed by atoms with E-state index in [0.29, 0.717) is 36.0 Å². The number of aliphatic imine (C=N–C) groups is 1. The monoisotopic (exact) mass is 724 g/mol. The molecule has 2 aromatic rings. The number of rotatable bonds is 13. The first-order chi connectivity index (χ1) is 23.0. The summed E-state index contributed by atoms with van der Waals surface area (Å²) < 4.78 is 41.7. The number of amides is 2. The van der Waals surface area contributed by atoms with Crippen LogP contribution in [0.25, 0.3) is 0 Å². The Labute approximate surface area is 284 Å². The second-order valence-corrected chi connectivity index (χ2v) is 14.1. The van der Waals surface area contributed by atoms with Crippen molar-refractivity contribution in [3.05, 3.63) is 40.4 Å². The van der Waals surface area contributed by atoms with E-state index in [2.05, 4.69) is 30.0 Å². The molecule has 1 aromatic heterocycles. The van der Waals surface area contributed by atoms with Crippen LogP contribution in [-0.2, 0) is 40.3 Å². The number of aromatic nitrogens is 1. The maximum absolute atomic E-state index is 13.5. The summed E-state index contributed by atoms with van der Waals surface area (Å²) in [5.74, 6) is -2.46. The summed E-state index contributed by atoms with van der Waals surface area (Å²) in [5.41, 5.74) is 8.80. The zero-order chi connectivity index (χ0) is 35.9. The van der Waals surface area contributed by atoms with E-state index in [1.54, 1.807) is 12.1 Å². The molecular weight excluding hydrogens is 688 g/mol. The lowest BCUT2D eigenvalue weighted by Gasteiger charge is -2.50. The summed E-state index contributed by atoms with van der Waals surface area (Å²) in [5, 5.41) is 31.3. The van der Waals surface area contributed by atoms with Crippen molar-refractivity contribution in [1.29, 1.82) is 0 Å². The number of aliphatic carboxylic acids is 1. The molecule has 0 spiro atoms. The number of nitrogens with one attached hydrogen (secondary N) is 2. The Morgan fingerprint density at radius 1 is 1.35 bits per heavy atom. The Morgan fingerprint density at radius 3 is 2.67 bits per heavy atom. The van der Waals surface area contributed by atoms with Crippen molar-refractivity contribution < 1.29 is 51.4 Å². The fraction of sp³-hybridized carbons (Fsp3) is 0.500. The molecule has 1 saturated heterocycles. The summed E-state index contributed by atoms with van der Waals surface area (Å²) in [6.45, 7) is 4.28. The van der Waals surface area contributed by atoms with Crippen LogP contribution in [0.4, 0.5) is 5.13 Å². The predicted octanol–water partition coefficient (Wildman–Crippen LogP) is -1.05.